The van der Waals surface area contributed by atoms with E-state index in [4.69, 9.17) is 16.3 Å². The highest BCUT2D eigenvalue weighted by Gasteiger charge is 2.42. The maximum absolute atomic E-state index is 12.8. The molecule has 1 atom stereocenters. The monoisotopic (exact) mass is 541 g/mol. The maximum atomic E-state index is 12.8. The lowest BCUT2D eigenvalue weighted by Gasteiger charge is -2.33. The van der Waals surface area contributed by atoms with Gasteiger partial charge in [-0.25, -0.2) is 9.59 Å². The van der Waals surface area contributed by atoms with Gasteiger partial charge in [0, 0.05) is 23.8 Å². The number of ether oxygens (including phenoxy) is 1. The van der Waals surface area contributed by atoms with Crippen molar-refractivity contribution in [1.29, 1.82) is 0 Å². The molecule has 30 heavy (non-hydrogen) atoms. The molecule has 1 fully saturated rings. The van der Waals surface area contributed by atoms with Crippen LogP contribution in [0.3, 0.4) is 0 Å². The molecule has 0 radical (unpaired) electrons. The van der Waals surface area contributed by atoms with E-state index in [2.05, 4.69) is 40.1 Å². The summed E-state index contributed by atoms with van der Waals surface area (Å²) in [6.07, 6.45) is 2.02. The van der Waals surface area contributed by atoms with Crippen molar-refractivity contribution in [3.8, 4) is 0 Å². The molecular weight excluding hydrogens is 517 g/mol. The molecule has 3 amide bonds. The van der Waals surface area contributed by atoms with Gasteiger partial charge in [0.15, 0.2) is 0 Å². The minimum atomic E-state index is -0.578. The summed E-state index contributed by atoms with van der Waals surface area (Å²) in [5.41, 5.74) is 2.74. The van der Waals surface area contributed by atoms with E-state index in [1.165, 1.54) is 5.56 Å². The summed E-state index contributed by atoms with van der Waals surface area (Å²) in [5, 5.41) is 6.27. The van der Waals surface area contributed by atoms with Gasteiger partial charge >= 0.3 is 12.1 Å². The minimum absolute atomic E-state index is 0.117. The fourth-order valence-electron chi connectivity index (χ4n) is 3.34. The molecule has 8 heteroatoms. The number of hydrogen-bond donors (Lipinski definition) is 2. The standard InChI is InChI=1S/C22H25ClIN3O3/c1-2-16-8-10-18(11-9-16)26-21(29)30-15-22(24)12-5-13-27(22)20(28)25-14-17-6-3-4-7-19(17)23/h3-4,6-11H,2,5,12-15H2,1H3,(H,25,28)(H,26,29). The fraction of sp³-hybridized carbons (Fsp3) is 0.364. The molecule has 1 heterocycles. The van der Waals surface area contributed by atoms with Crippen LogP contribution in [-0.4, -0.2) is 33.7 Å². The van der Waals surface area contributed by atoms with Crippen molar-refractivity contribution in [2.24, 2.45) is 0 Å². The van der Waals surface area contributed by atoms with Crippen LogP contribution in [0.25, 0.3) is 0 Å². The van der Waals surface area contributed by atoms with Crippen molar-refractivity contribution >= 4 is 52.0 Å². The van der Waals surface area contributed by atoms with Crippen molar-refractivity contribution in [3.63, 3.8) is 0 Å². The molecule has 1 aliphatic heterocycles. The second kappa shape index (κ2) is 10.3. The average Bonchev–Trinajstić information content (AvgIpc) is 3.14. The highest BCUT2D eigenvalue weighted by Crippen LogP contribution is 2.36. The van der Waals surface area contributed by atoms with Gasteiger partial charge in [0.25, 0.3) is 0 Å². The van der Waals surface area contributed by atoms with Crippen LogP contribution in [0.5, 0.6) is 0 Å². The number of benzene rings is 2. The molecule has 2 aromatic rings. The van der Waals surface area contributed by atoms with E-state index in [0.717, 1.165) is 24.8 Å². The Hall–Kier alpha value is -2.00. The zero-order chi connectivity index (χ0) is 21.6. The molecule has 0 aliphatic carbocycles. The Labute approximate surface area is 195 Å². The van der Waals surface area contributed by atoms with E-state index in [0.29, 0.717) is 23.8 Å². The number of anilines is 1. The van der Waals surface area contributed by atoms with Gasteiger partial charge in [0.1, 0.15) is 10.2 Å². The number of hydrogen-bond acceptors (Lipinski definition) is 3. The van der Waals surface area contributed by atoms with E-state index < -0.39 is 9.64 Å². The molecule has 3 rings (SSSR count). The van der Waals surface area contributed by atoms with Crippen LogP contribution >= 0.6 is 34.2 Å². The third-order valence-electron chi connectivity index (χ3n) is 5.09. The normalized spacial score (nSPS) is 18.2. The summed E-state index contributed by atoms with van der Waals surface area (Å²) in [6.45, 7) is 3.15. The van der Waals surface area contributed by atoms with Gasteiger partial charge in [-0.2, -0.15) is 0 Å². The van der Waals surface area contributed by atoms with Crippen LogP contribution in [-0.2, 0) is 17.7 Å². The summed E-state index contributed by atoms with van der Waals surface area (Å²) >= 11 is 8.37. The lowest BCUT2D eigenvalue weighted by atomic mass is 10.1. The molecule has 1 saturated heterocycles. The first-order valence-corrected chi connectivity index (χ1v) is 11.4. The Morgan fingerprint density at radius 1 is 1.20 bits per heavy atom. The first-order chi connectivity index (χ1) is 14.4. The third-order valence-corrected chi connectivity index (χ3v) is 6.89. The molecule has 160 valence electrons. The minimum Gasteiger partial charge on any atom is -0.446 e. The van der Waals surface area contributed by atoms with Crippen molar-refractivity contribution < 1.29 is 14.3 Å². The Kier molecular flexibility index (Phi) is 7.82. The van der Waals surface area contributed by atoms with Gasteiger partial charge in [-0.15, -0.1) is 0 Å². The molecule has 1 unspecified atom stereocenters. The topological polar surface area (TPSA) is 70.7 Å². The van der Waals surface area contributed by atoms with E-state index in [1.807, 2.05) is 42.5 Å². The maximum Gasteiger partial charge on any atom is 0.411 e. The highest BCUT2D eigenvalue weighted by molar-refractivity contribution is 14.1. The van der Waals surface area contributed by atoms with Crippen LogP contribution < -0.4 is 10.6 Å². The zero-order valence-corrected chi connectivity index (χ0v) is 19.7. The number of rotatable bonds is 6. The highest BCUT2D eigenvalue weighted by atomic mass is 127. The van der Waals surface area contributed by atoms with E-state index >= 15 is 0 Å². The lowest BCUT2D eigenvalue weighted by Crippen LogP contribution is -2.50. The summed E-state index contributed by atoms with van der Waals surface area (Å²) in [5.74, 6) is 0. The Bertz CT molecular complexity index is 893. The van der Waals surface area contributed by atoms with Crippen molar-refractivity contribution in [2.75, 3.05) is 18.5 Å². The molecule has 0 saturated carbocycles. The number of halogens is 2. The summed E-state index contributed by atoms with van der Waals surface area (Å²) in [4.78, 5) is 26.7. The zero-order valence-electron chi connectivity index (χ0n) is 16.8. The SMILES string of the molecule is CCc1ccc(NC(=O)OCC2(I)CCCN2C(=O)NCc2ccccc2Cl)cc1. The van der Waals surface area contributed by atoms with Gasteiger partial charge in [-0.3, -0.25) is 5.32 Å². The smallest absolute Gasteiger partial charge is 0.411 e. The number of alkyl halides is 1. The number of nitrogens with one attached hydrogen (secondary N) is 2. The number of carbonyl (C=O) groups excluding carboxylic acids is 2. The number of carbonyl (C=O) groups is 2. The van der Waals surface area contributed by atoms with Gasteiger partial charge in [0.2, 0.25) is 0 Å². The van der Waals surface area contributed by atoms with Crippen molar-refractivity contribution in [3.05, 3.63) is 64.7 Å². The number of urea groups is 1. The first kappa shape index (κ1) is 22.7. The number of likely N-dealkylation sites (tertiary alicyclic amines) is 1. The molecule has 0 spiro atoms. The van der Waals surface area contributed by atoms with E-state index in [1.54, 1.807) is 11.0 Å². The van der Waals surface area contributed by atoms with Crippen molar-refractivity contribution in [1.82, 2.24) is 10.2 Å². The summed E-state index contributed by atoms with van der Waals surface area (Å²) in [6, 6.07) is 14.9. The van der Waals surface area contributed by atoms with Crippen molar-refractivity contribution in [2.45, 2.75) is 36.3 Å². The predicted octanol–water partition coefficient (Wildman–Crippen LogP) is 5.59. The third kappa shape index (κ3) is 5.78. The molecule has 1 aliphatic rings. The fourth-order valence-corrected chi connectivity index (χ4v) is 4.54. The van der Waals surface area contributed by atoms with Crippen LogP contribution in [0, 0.1) is 0 Å². The Morgan fingerprint density at radius 2 is 1.93 bits per heavy atom. The Balaban J connectivity index is 1.52. The Morgan fingerprint density at radius 3 is 2.63 bits per heavy atom. The van der Waals surface area contributed by atoms with Crippen LogP contribution in [0.4, 0.5) is 15.3 Å². The van der Waals surface area contributed by atoms with E-state index in [9.17, 15) is 9.59 Å². The molecular formula is C22H25ClIN3O3. The first-order valence-electron chi connectivity index (χ1n) is 9.92. The number of nitrogens with zero attached hydrogens (tertiary/aromatic N) is 1. The van der Waals surface area contributed by atoms with Crippen LogP contribution in [0.2, 0.25) is 5.02 Å². The number of amides is 3. The second-order valence-electron chi connectivity index (χ2n) is 7.17. The predicted molar refractivity (Wildman–Crippen MR) is 127 cm³/mol. The summed E-state index contributed by atoms with van der Waals surface area (Å²) < 4.78 is 4.87. The van der Waals surface area contributed by atoms with E-state index in [-0.39, 0.29) is 12.6 Å². The molecule has 2 aromatic carbocycles. The molecule has 0 aromatic heterocycles. The molecule has 6 nitrogen and oxygen atoms in total. The average molecular weight is 542 g/mol. The second-order valence-corrected chi connectivity index (χ2v) is 9.59. The van der Waals surface area contributed by atoms with Crippen LogP contribution in [0.1, 0.15) is 30.9 Å². The van der Waals surface area contributed by atoms with Gasteiger partial charge in [-0.05, 0) is 48.6 Å². The van der Waals surface area contributed by atoms with Gasteiger partial charge in [-0.1, -0.05) is 71.4 Å². The van der Waals surface area contributed by atoms with Gasteiger partial charge in [0.05, 0.1) is 0 Å². The quantitative estimate of drug-likeness (QED) is 0.285. The van der Waals surface area contributed by atoms with Gasteiger partial charge < -0.3 is 15.0 Å². The van der Waals surface area contributed by atoms with Crippen LogP contribution in [0.15, 0.2) is 48.5 Å². The largest absolute Gasteiger partial charge is 0.446 e. The lowest BCUT2D eigenvalue weighted by molar-refractivity contribution is 0.117. The molecule has 2 N–H and O–H groups in total. The molecule has 0 bridgehead atoms. The number of aryl methyl sites for hydroxylation is 1. The summed E-state index contributed by atoms with van der Waals surface area (Å²) in [7, 11) is 0.